The number of hydrogen-bond acceptors (Lipinski definition) is 5. The van der Waals surface area contributed by atoms with Crippen LogP contribution in [0.1, 0.15) is 21.5 Å². The van der Waals surface area contributed by atoms with E-state index in [-0.39, 0.29) is 17.9 Å². The Morgan fingerprint density at radius 2 is 2.00 bits per heavy atom. The first kappa shape index (κ1) is 20.1. The molecule has 1 amide bonds. The Labute approximate surface area is 170 Å². The van der Waals surface area contributed by atoms with Crippen LogP contribution in [-0.2, 0) is 6.61 Å². The van der Waals surface area contributed by atoms with Gasteiger partial charge < -0.3 is 10.2 Å². The van der Waals surface area contributed by atoms with E-state index < -0.39 is 16.4 Å². The number of aromatic nitrogens is 1. The summed E-state index contributed by atoms with van der Waals surface area (Å²) < 4.78 is 0.913. The van der Waals surface area contributed by atoms with Crippen molar-refractivity contribution in [3.63, 3.8) is 0 Å². The molecule has 0 aliphatic rings. The Hall–Kier alpha value is -3.65. The van der Waals surface area contributed by atoms with E-state index in [0.29, 0.717) is 16.3 Å². The molecule has 1 aromatic heterocycles. The third kappa shape index (κ3) is 4.80. The van der Waals surface area contributed by atoms with Crippen molar-refractivity contribution in [2.24, 2.45) is 0 Å². The zero-order valence-corrected chi connectivity index (χ0v) is 16.1. The highest BCUT2D eigenvalue weighted by Crippen LogP contribution is 2.20. The molecule has 0 radical (unpaired) electrons. The van der Waals surface area contributed by atoms with Gasteiger partial charge in [-0.15, -0.1) is 0 Å². The summed E-state index contributed by atoms with van der Waals surface area (Å²) in [4.78, 5) is 40.8. The van der Waals surface area contributed by atoms with Crippen LogP contribution in [0.4, 0.5) is 11.4 Å². The summed E-state index contributed by atoms with van der Waals surface area (Å²) in [6.07, 6.45) is 1.36. The van der Waals surface area contributed by atoms with Gasteiger partial charge >= 0.3 is 0 Å². The number of benzene rings is 2. The number of nitrogens with zero attached hydrogens (tertiary/aromatic N) is 2. The van der Waals surface area contributed by atoms with Crippen LogP contribution in [0.25, 0.3) is 0 Å². The van der Waals surface area contributed by atoms with Crippen LogP contribution in [0.2, 0.25) is 5.02 Å². The second-order valence-corrected chi connectivity index (χ2v) is 6.58. The fraction of sp³-hybridized carbons (Fsp3) is 0.100. The molecule has 0 bridgehead atoms. The van der Waals surface area contributed by atoms with Gasteiger partial charge in [0.25, 0.3) is 17.2 Å². The van der Waals surface area contributed by atoms with Crippen LogP contribution in [0, 0.1) is 17.0 Å². The number of non-ortho nitro benzene ring substituents is 1. The second-order valence-electron chi connectivity index (χ2n) is 6.17. The minimum atomic E-state index is -0.659. The number of nitro groups is 1. The lowest BCUT2D eigenvalue weighted by molar-refractivity contribution is -0.384. The lowest BCUT2D eigenvalue weighted by Crippen LogP contribution is -2.32. The highest BCUT2D eigenvalue weighted by molar-refractivity contribution is 6.31. The normalized spacial score (nSPS) is 10.4. The molecule has 29 heavy (non-hydrogen) atoms. The molecule has 1 heterocycles. The van der Waals surface area contributed by atoms with E-state index in [9.17, 15) is 19.7 Å². The molecular formula is C20H16ClN3O5. The van der Waals surface area contributed by atoms with Crippen molar-refractivity contribution >= 4 is 28.9 Å². The summed E-state index contributed by atoms with van der Waals surface area (Å²) in [5.41, 5.74) is 0.967. The van der Waals surface area contributed by atoms with E-state index in [0.717, 1.165) is 10.3 Å². The van der Waals surface area contributed by atoms with E-state index in [1.54, 1.807) is 24.3 Å². The second kappa shape index (κ2) is 8.57. The Morgan fingerprint density at radius 3 is 2.72 bits per heavy atom. The van der Waals surface area contributed by atoms with Gasteiger partial charge in [0, 0.05) is 29.0 Å². The summed E-state index contributed by atoms with van der Waals surface area (Å²) in [5.74, 6) is -0.608. The topological polar surface area (TPSA) is 103 Å². The predicted molar refractivity (Wildman–Crippen MR) is 108 cm³/mol. The largest absolute Gasteiger partial charge is 0.406 e. The predicted octanol–water partition coefficient (Wildman–Crippen LogP) is 3.60. The highest BCUT2D eigenvalue weighted by Gasteiger charge is 2.14. The highest BCUT2D eigenvalue weighted by atomic mass is 35.5. The van der Waals surface area contributed by atoms with Gasteiger partial charge in [-0.25, -0.2) is 0 Å². The molecule has 148 valence electrons. The minimum Gasteiger partial charge on any atom is -0.406 e. The van der Waals surface area contributed by atoms with E-state index in [4.69, 9.17) is 16.4 Å². The average Bonchev–Trinajstić information content (AvgIpc) is 2.70. The number of hydrogen-bond donors (Lipinski definition) is 1. The summed E-state index contributed by atoms with van der Waals surface area (Å²) in [6.45, 7) is 1.75. The Kier molecular flexibility index (Phi) is 5.94. The van der Waals surface area contributed by atoms with Gasteiger partial charge in [0.15, 0.2) is 0 Å². The molecule has 1 N–H and O–H groups in total. The summed E-state index contributed by atoms with van der Waals surface area (Å²) in [7, 11) is 0. The summed E-state index contributed by atoms with van der Waals surface area (Å²) >= 11 is 6.05. The Bertz CT molecular complexity index is 1140. The third-order valence-corrected chi connectivity index (χ3v) is 4.49. The number of anilines is 1. The number of nitrogens with one attached hydrogen (secondary N) is 1. The molecule has 9 heteroatoms. The van der Waals surface area contributed by atoms with Gasteiger partial charge in [0.05, 0.1) is 4.92 Å². The molecule has 0 aliphatic heterocycles. The van der Waals surface area contributed by atoms with Crippen LogP contribution in [0.5, 0.6) is 0 Å². The van der Waals surface area contributed by atoms with Crippen molar-refractivity contribution in [3.8, 4) is 0 Å². The zero-order valence-electron chi connectivity index (χ0n) is 15.3. The number of rotatable bonds is 6. The number of amides is 1. The standard InChI is InChI=1S/C20H16ClN3O5/c1-13-7-8-15(11-18(13)21)22-19(25)17-6-3-9-23(20(17)26)29-12-14-4-2-5-16(10-14)24(27)28/h2-11H,12H2,1H3,(H,22,25). The lowest BCUT2D eigenvalue weighted by Gasteiger charge is -2.10. The minimum absolute atomic E-state index is 0.0802. The first-order valence-electron chi connectivity index (χ1n) is 8.51. The first-order valence-corrected chi connectivity index (χ1v) is 8.89. The van der Waals surface area contributed by atoms with Crippen molar-refractivity contribution in [1.29, 1.82) is 0 Å². The molecular weight excluding hydrogens is 398 g/mol. The molecule has 0 saturated heterocycles. The number of pyridine rings is 1. The first-order chi connectivity index (χ1) is 13.8. The molecule has 0 aliphatic carbocycles. The smallest absolute Gasteiger partial charge is 0.295 e. The maximum absolute atomic E-state index is 12.6. The summed E-state index contributed by atoms with van der Waals surface area (Å²) in [5, 5.41) is 14.0. The monoisotopic (exact) mass is 413 g/mol. The van der Waals surface area contributed by atoms with Crippen molar-refractivity contribution in [2.75, 3.05) is 5.32 Å². The fourth-order valence-corrected chi connectivity index (χ4v) is 2.70. The Morgan fingerprint density at radius 1 is 1.21 bits per heavy atom. The molecule has 0 spiro atoms. The number of carbonyl (C=O) groups is 1. The van der Waals surface area contributed by atoms with Crippen molar-refractivity contribution < 1.29 is 14.6 Å². The van der Waals surface area contributed by atoms with Crippen molar-refractivity contribution in [3.05, 3.63) is 103 Å². The molecule has 0 atom stereocenters. The quantitative estimate of drug-likeness (QED) is 0.491. The van der Waals surface area contributed by atoms with Gasteiger partial charge in [0.2, 0.25) is 0 Å². The number of nitro benzene ring substituents is 1. The number of aryl methyl sites for hydroxylation is 1. The van der Waals surface area contributed by atoms with Crippen LogP contribution >= 0.6 is 11.6 Å². The number of carbonyl (C=O) groups excluding carboxylic acids is 1. The molecule has 3 rings (SSSR count). The lowest BCUT2D eigenvalue weighted by atomic mass is 10.2. The van der Waals surface area contributed by atoms with E-state index in [1.807, 2.05) is 6.92 Å². The van der Waals surface area contributed by atoms with Gasteiger partial charge in [-0.2, -0.15) is 4.73 Å². The van der Waals surface area contributed by atoms with Crippen LogP contribution in [0.15, 0.2) is 65.6 Å². The van der Waals surface area contributed by atoms with Crippen molar-refractivity contribution in [1.82, 2.24) is 4.73 Å². The van der Waals surface area contributed by atoms with E-state index in [1.165, 1.54) is 36.5 Å². The van der Waals surface area contributed by atoms with Gasteiger partial charge in [-0.05, 0) is 42.3 Å². The fourth-order valence-electron chi connectivity index (χ4n) is 2.52. The molecule has 2 aromatic carbocycles. The molecule has 3 aromatic rings. The maximum Gasteiger partial charge on any atom is 0.295 e. The van der Waals surface area contributed by atoms with Gasteiger partial charge in [0.1, 0.15) is 12.2 Å². The van der Waals surface area contributed by atoms with Gasteiger partial charge in [-0.1, -0.05) is 29.8 Å². The zero-order chi connectivity index (χ0) is 21.0. The number of halogens is 1. The molecule has 8 nitrogen and oxygen atoms in total. The van der Waals surface area contributed by atoms with Crippen LogP contribution in [-0.4, -0.2) is 15.6 Å². The van der Waals surface area contributed by atoms with E-state index >= 15 is 0 Å². The van der Waals surface area contributed by atoms with Gasteiger partial charge in [-0.3, -0.25) is 19.7 Å². The van der Waals surface area contributed by atoms with Crippen molar-refractivity contribution in [2.45, 2.75) is 13.5 Å². The maximum atomic E-state index is 12.6. The molecule has 0 saturated carbocycles. The molecule has 0 fully saturated rings. The van der Waals surface area contributed by atoms with Crippen LogP contribution < -0.4 is 15.7 Å². The van der Waals surface area contributed by atoms with Crippen LogP contribution in [0.3, 0.4) is 0 Å². The summed E-state index contributed by atoms with van der Waals surface area (Å²) in [6, 6.07) is 13.8. The third-order valence-electron chi connectivity index (χ3n) is 4.08. The average molecular weight is 414 g/mol. The SMILES string of the molecule is Cc1ccc(NC(=O)c2cccn(OCc3cccc([N+](=O)[O-])c3)c2=O)cc1Cl. The van der Waals surface area contributed by atoms with E-state index in [2.05, 4.69) is 5.32 Å². The molecule has 0 unspecified atom stereocenters. The Balaban J connectivity index is 1.76.